The number of carbonyl (C=O) groups excluding carboxylic acids is 3. The summed E-state index contributed by atoms with van der Waals surface area (Å²) in [5.74, 6) is 4.68. The first-order valence-corrected chi connectivity index (χ1v) is 17.6. The Balaban J connectivity index is 1.34. The first-order chi connectivity index (χ1) is 19.5. The second kappa shape index (κ2) is 22.6. The van der Waals surface area contributed by atoms with Crippen LogP contribution in [0.15, 0.2) is 0 Å². The summed E-state index contributed by atoms with van der Waals surface area (Å²) in [6.07, 6.45) is 27.0. The molecule has 40 heavy (non-hydrogen) atoms. The van der Waals surface area contributed by atoms with Gasteiger partial charge in [-0.05, 0) is 75.0 Å². The van der Waals surface area contributed by atoms with Crippen LogP contribution < -0.4 is 0 Å². The van der Waals surface area contributed by atoms with E-state index >= 15 is 0 Å². The van der Waals surface area contributed by atoms with Crippen LogP contribution in [0.25, 0.3) is 0 Å². The zero-order valence-electron chi connectivity index (χ0n) is 26.5. The van der Waals surface area contributed by atoms with Crippen LogP contribution in [0.5, 0.6) is 0 Å². The molecule has 0 saturated heterocycles. The van der Waals surface area contributed by atoms with E-state index in [1.807, 2.05) is 0 Å². The number of ether oxygens (including phenoxy) is 1. The molecule has 0 bridgehead atoms. The molecule has 4 heteroatoms. The average Bonchev–Trinajstić information content (AvgIpc) is 3.88. The second-order valence-corrected chi connectivity index (χ2v) is 13.4. The minimum absolute atomic E-state index is 0.231. The van der Waals surface area contributed by atoms with Gasteiger partial charge in [-0.25, -0.2) is 0 Å². The summed E-state index contributed by atoms with van der Waals surface area (Å²) >= 11 is 0. The topological polar surface area (TPSA) is 60.4 Å². The van der Waals surface area contributed by atoms with Crippen LogP contribution in [0.3, 0.4) is 0 Å². The molecule has 0 amide bonds. The molecule has 0 N–H and O–H groups in total. The van der Waals surface area contributed by atoms with Crippen LogP contribution in [-0.4, -0.2) is 30.6 Å². The molecule has 1 atom stereocenters. The monoisotopic (exact) mass is 560 g/mol. The van der Waals surface area contributed by atoms with Gasteiger partial charge in [0.2, 0.25) is 0 Å². The lowest BCUT2D eigenvalue weighted by Gasteiger charge is -2.16. The molecule has 2 aliphatic rings. The highest BCUT2D eigenvalue weighted by atomic mass is 16.5. The SMILES string of the molecule is CCCC(=O)CCCCC(CC)CCOCCCCC(=O)CCC(=O)CCCCCCC(CC1CC1)CC1CC1. The molecule has 0 heterocycles. The summed E-state index contributed by atoms with van der Waals surface area (Å²) in [6, 6.07) is 0. The maximum atomic E-state index is 12.2. The van der Waals surface area contributed by atoms with Crippen LogP contribution in [0.4, 0.5) is 0 Å². The summed E-state index contributed by atoms with van der Waals surface area (Å²) in [6.45, 7) is 5.81. The molecule has 4 nitrogen and oxygen atoms in total. The van der Waals surface area contributed by atoms with Crippen molar-refractivity contribution in [1.29, 1.82) is 0 Å². The predicted molar refractivity (Wildman–Crippen MR) is 167 cm³/mol. The average molecular weight is 561 g/mol. The molecular formula is C36H64O4. The Hall–Kier alpha value is -1.03. The van der Waals surface area contributed by atoms with Gasteiger partial charge in [-0.1, -0.05) is 84.5 Å². The lowest BCUT2D eigenvalue weighted by atomic mass is 9.90. The van der Waals surface area contributed by atoms with Gasteiger partial charge < -0.3 is 4.74 Å². The highest BCUT2D eigenvalue weighted by molar-refractivity contribution is 5.85. The van der Waals surface area contributed by atoms with E-state index in [9.17, 15) is 14.4 Å². The predicted octanol–water partition coefficient (Wildman–Crippen LogP) is 9.99. The zero-order chi connectivity index (χ0) is 28.8. The Morgan fingerprint density at radius 3 is 1.62 bits per heavy atom. The molecule has 2 saturated carbocycles. The molecule has 0 radical (unpaired) electrons. The summed E-state index contributed by atoms with van der Waals surface area (Å²) in [4.78, 5) is 36.1. The van der Waals surface area contributed by atoms with Crippen molar-refractivity contribution in [2.24, 2.45) is 23.7 Å². The summed E-state index contributed by atoms with van der Waals surface area (Å²) in [5.41, 5.74) is 0. The molecule has 0 aliphatic heterocycles. The molecule has 0 aromatic heterocycles. The molecule has 0 aromatic rings. The summed E-state index contributed by atoms with van der Waals surface area (Å²) < 4.78 is 5.83. The fourth-order valence-corrected chi connectivity index (χ4v) is 6.21. The normalized spacial score (nSPS) is 16.0. The lowest BCUT2D eigenvalue weighted by molar-refractivity contribution is -0.124. The Kier molecular flexibility index (Phi) is 19.8. The molecule has 1 unspecified atom stereocenters. The van der Waals surface area contributed by atoms with Crippen molar-refractivity contribution in [3.05, 3.63) is 0 Å². The van der Waals surface area contributed by atoms with Crippen molar-refractivity contribution in [2.75, 3.05) is 13.2 Å². The number of carbonyl (C=O) groups is 3. The van der Waals surface area contributed by atoms with Crippen LogP contribution in [0.1, 0.15) is 174 Å². The molecule has 0 spiro atoms. The van der Waals surface area contributed by atoms with E-state index in [2.05, 4.69) is 13.8 Å². The smallest absolute Gasteiger partial charge is 0.133 e. The van der Waals surface area contributed by atoms with E-state index in [0.717, 1.165) is 88.8 Å². The summed E-state index contributed by atoms with van der Waals surface area (Å²) in [7, 11) is 0. The third kappa shape index (κ3) is 19.9. The molecule has 232 valence electrons. The van der Waals surface area contributed by atoms with Gasteiger partial charge in [0, 0.05) is 51.7 Å². The maximum Gasteiger partial charge on any atom is 0.133 e. The van der Waals surface area contributed by atoms with Crippen LogP contribution >= 0.6 is 0 Å². The van der Waals surface area contributed by atoms with Gasteiger partial charge in [-0.15, -0.1) is 0 Å². The van der Waals surface area contributed by atoms with Crippen molar-refractivity contribution < 1.29 is 19.1 Å². The van der Waals surface area contributed by atoms with Crippen molar-refractivity contribution in [1.82, 2.24) is 0 Å². The first-order valence-electron chi connectivity index (χ1n) is 17.6. The van der Waals surface area contributed by atoms with Crippen molar-refractivity contribution in [3.8, 4) is 0 Å². The molecular weight excluding hydrogens is 496 g/mol. The second-order valence-electron chi connectivity index (χ2n) is 13.4. The molecule has 2 rings (SSSR count). The number of Topliss-reactive ketones (excluding diaryl/α,β-unsaturated/α-hetero) is 3. The number of hydrogen-bond acceptors (Lipinski definition) is 4. The van der Waals surface area contributed by atoms with Gasteiger partial charge in [0.15, 0.2) is 0 Å². The molecule has 2 aliphatic carbocycles. The Labute approximate surface area is 247 Å². The highest BCUT2D eigenvalue weighted by Crippen LogP contribution is 2.43. The number of unbranched alkanes of at least 4 members (excludes halogenated alkanes) is 5. The Morgan fingerprint density at radius 2 is 1.05 bits per heavy atom. The van der Waals surface area contributed by atoms with Gasteiger partial charge in [0.1, 0.15) is 17.3 Å². The van der Waals surface area contributed by atoms with Gasteiger partial charge in [0.25, 0.3) is 0 Å². The quantitative estimate of drug-likeness (QED) is 0.0820. The lowest BCUT2D eigenvalue weighted by Crippen LogP contribution is -2.07. The Bertz CT molecular complexity index is 664. The largest absolute Gasteiger partial charge is 0.381 e. The fraction of sp³-hybridized carbons (Fsp3) is 0.917. The highest BCUT2D eigenvalue weighted by Gasteiger charge is 2.30. The van der Waals surface area contributed by atoms with Crippen molar-refractivity contribution >= 4 is 17.3 Å². The number of hydrogen-bond donors (Lipinski definition) is 0. The van der Waals surface area contributed by atoms with E-state index in [1.54, 1.807) is 0 Å². The number of ketones is 3. The minimum Gasteiger partial charge on any atom is -0.381 e. The van der Waals surface area contributed by atoms with E-state index in [0.29, 0.717) is 37.4 Å². The van der Waals surface area contributed by atoms with Crippen LogP contribution in [0, 0.1) is 23.7 Å². The van der Waals surface area contributed by atoms with E-state index < -0.39 is 0 Å². The van der Waals surface area contributed by atoms with E-state index in [1.165, 1.54) is 77.0 Å². The van der Waals surface area contributed by atoms with Crippen molar-refractivity contribution in [2.45, 2.75) is 174 Å². The third-order valence-electron chi connectivity index (χ3n) is 9.32. The third-order valence-corrected chi connectivity index (χ3v) is 9.32. The fourth-order valence-electron chi connectivity index (χ4n) is 6.21. The van der Waals surface area contributed by atoms with Crippen molar-refractivity contribution in [3.63, 3.8) is 0 Å². The van der Waals surface area contributed by atoms with E-state index in [4.69, 9.17) is 4.74 Å². The summed E-state index contributed by atoms with van der Waals surface area (Å²) in [5, 5.41) is 0. The first kappa shape index (κ1) is 35.2. The van der Waals surface area contributed by atoms with Gasteiger partial charge in [-0.2, -0.15) is 0 Å². The van der Waals surface area contributed by atoms with Crippen LogP contribution in [0.2, 0.25) is 0 Å². The minimum atomic E-state index is 0.231. The van der Waals surface area contributed by atoms with Gasteiger partial charge in [-0.3, -0.25) is 14.4 Å². The number of rotatable bonds is 30. The Morgan fingerprint density at radius 1 is 0.550 bits per heavy atom. The zero-order valence-corrected chi connectivity index (χ0v) is 26.5. The standard InChI is InChI=1S/C36H64O4/c1-3-13-34(37)17-10-9-14-30(4-2)25-27-40-26-12-11-18-36(39)24-23-35(38)16-8-6-5-7-15-33(28-31-19-20-31)29-32-21-22-32/h30-33H,3-29H2,1-2H3. The maximum absolute atomic E-state index is 12.2. The van der Waals surface area contributed by atoms with Crippen LogP contribution in [-0.2, 0) is 19.1 Å². The van der Waals surface area contributed by atoms with E-state index in [-0.39, 0.29) is 11.6 Å². The molecule has 0 aromatic carbocycles. The molecule has 2 fully saturated rings. The van der Waals surface area contributed by atoms with Gasteiger partial charge in [0.05, 0.1) is 0 Å². The van der Waals surface area contributed by atoms with Gasteiger partial charge >= 0.3 is 0 Å².